The van der Waals surface area contributed by atoms with Gasteiger partial charge >= 0.3 is 0 Å². The molecule has 0 amide bonds. The third kappa shape index (κ3) is 4.08. The zero-order valence-electron chi connectivity index (χ0n) is 13.5. The van der Waals surface area contributed by atoms with Crippen molar-refractivity contribution in [2.24, 2.45) is 4.99 Å². The van der Waals surface area contributed by atoms with Gasteiger partial charge in [0, 0.05) is 28.0 Å². The molecule has 0 fully saturated rings. The number of aliphatic imine (C=N–C) groups is 1. The molecule has 5 heteroatoms. The van der Waals surface area contributed by atoms with Crippen molar-refractivity contribution >= 4 is 44.3 Å². The van der Waals surface area contributed by atoms with E-state index in [1.165, 1.54) is 0 Å². The highest BCUT2D eigenvalue weighted by atomic mass is 79.9. The van der Waals surface area contributed by atoms with Crippen LogP contribution < -0.4 is 4.90 Å². The zero-order chi connectivity index (χ0) is 16.9. The fraction of sp³-hybridized carbons (Fsp3) is 0.263. The molecule has 2 aromatic rings. The lowest BCUT2D eigenvalue weighted by Gasteiger charge is -2.28. The topological polar surface area (TPSA) is 32.7 Å². The van der Waals surface area contributed by atoms with E-state index in [1.807, 2.05) is 36.4 Å². The summed E-state index contributed by atoms with van der Waals surface area (Å²) in [4.78, 5) is 19.5. The van der Waals surface area contributed by atoms with E-state index in [0.717, 1.165) is 45.2 Å². The van der Waals surface area contributed by atoms with Gasteiger partial charge in [0.1, 0.15) is 0 Å². The average Bonchev–Trinajstić information content (AvgIpc) is 2.61. The molecule has 2 aromatic carbocycles. The van der Waals surface area contributed by atoms with Gasteiger partial charge in [0.15, 0.2) is 11.0 Å². The molecule has 0 atom stereocenters. The number of carbonyl (C=O) groups is 1. The molecule has 0 spiro atoms. The molecule has 1 heterocycles. The molecule has 0 aromatic heterocycles. The quantitative estimate of drug-likeness (QED) is 0.678. The van der Waals surface area contributed by atoms with Gasteiger partial charge in [-0.2, -0.15) is 0 Å². The van der Waals surface area contributed by atoms with Crippen molar-refractivity contribution < 1.29 is 4.79 Å². The smallest absolute Gasteiger partial charge is 0.182 e. The number of anilines is 1. The van der Waals surface area contributed by atoms with Gasteiger partial charge in [-0.05, 0) is 37.1 Å². The fourth-order valence-corrected chi connectivity index (χ4v) is 3.83. The molecule has 0 N–H and O–H groups in total. The van der Waals surface area contributed by atoms with E-state index in [2.05, 4.69) is 44.9 Å². The van der Waals surface area contributed by atoms with Crippen LogP contribution in [0, 0.1) is 6.92 Å². The van der Waals surface area contributed by atoms with Crippen molar-refractivity contribution in [3.63, 3.8) is 0 Å². The van der Waals surface area contributed by atoms with Crippen LogP contribution in [0.1, 0.15) is 22.3 Å². The van der Waals surface area contributed by atoms with Crippen LogP contribution in [0.25, 0.3) is 0 Å². The van der Waals surface area contributed by atoms with Gasteiger partial charge in [-0.15, -0.1) is 0 Å². The molecule has 0 saturated carbocycles. The highest BCUT2D eigenvalue weighted by molar-refractivity contribution is 9.10. The predicted octanol–water partition coefficient (Wildman–Crippen LogP) is 4.94. The van der Waals surface area contributed by atoms with Crippen molar-refractivity contribution in [2.75, 3.05) is 23.7 Å². The summed E-state index contributed by atoms with van der Waals surface area (Å²) in [6, 6.07) is 15.7. The number of Topliss-reactive ketones (excluding diaryl/α,β-unsaturated/α-hetero) is 1. The number of benzene rings is 2. The number of hydrogen-bond acceptors (Lipinski definition) is 4. The summed E-state index contributed by atoms with van der Waals surface area (Å²) in [6.45, 7) is 3.20. The van der Waals surface area contributed by atoms with E-state index >= 15 is 0 Å². The van der Waals surface area contributed by atoms with Crippen molar-refractivity contribution in [1.82, 2.24) is 0 Å². The normalized spacial score (nSPS) is 14.2. The van der Waals surface area contributed by atoms with Gasteiger partial charge in [0.05, 0.1) is 6.54 Å². The Hall–Kier alpha value is -1.59. The van der Waals surface area contributed by atoms with Gasteiger partial charge in [-0.3, -0.25) is 9.79 Å². The van der Waals surface area contributed by atoms with Crippen molar-refractivity contribution in [2.45, 2.75) is 13.3 Å². The number of thioether (sulfide) groups is 1. The SMILES string of the molecule is Cc1ccccc1N(CC(=O)c1ccc(Br)cc1)C1=NCCCS1. The number of nitrogens with zero attached hydrogens (tertiary/aromatic N) is 2. The molecule has 3 rings (SSSR count). The Balaban J connectivity index is 1.90. The van der Waals surface area contributed by atoms with Crippen LogP contribution in [0.4, 0.5) is 5.69 Å². The minimum absolute atomic E-state index is 0.0969. The molecule has 1 aliphatic heterocycles. The Kier molecular flexibility index (Phi) is 5.74. The Labute approximate surface area is 155 Å². The lowest BCUT2D eigenvalue weighted by atomic mass is 10.1. The van der Waals surface area contributed by atoms with E-state index < -0.39 is 0 Å². The lowest BCUT2D eigenvalue weighted by Crippen LogP contribution is -2.36. The maximum atomic E-state index is 12.8. The first-order valence-electron chi connectivity index (χ1n) is 7.94. The first-order valence-corrected chi connectivity index (χ1v) is 9.72. The number of para-hydroxylation sites is 1. The third-order valence-electron chi connectivity index (χ3n) is 3.89. The summed E-state index contributed by atoms with van der Waals surface area (Å²) < 4.78 is 0.974. The number of aryl methyl sites for hydroxylation is 1. The summed E-state index contributed by atoms with van der Waals surface area (Å²) >= 11 is 5.14. The summed E-state index contributed by atoms with van der Waals surface area (Å²) in [7, 11) is 0. The van der Waals surface area contributed by atoms with Gasteiger partial charge in [0.2, 0.25) is 0 Å². The Morgan fingerprint density at radius 1 is 1.21 bits per heavy atom. The van der Waals surface area contributed by atoms with Crippen LogP contribution in [0.5, 0.6) is 0 Å². The zero-order valence-corrected chi connectivity index (χ0v) is 15.9. The molecule has 0 unspecified atom stereocenters. The monoisotopic (exact) mass is 402 g/mol. The second-order valence-electron chi connectivity index (χ2n) is 5.67. The van der Waals surface area contributed by atoms with E-state index in [9.17, 15) is 4.79 Å². The Morgan fingerprint density at radius 3 is 2.62 bits per heavy atom. The van der Waals surface area contributed by atoms with Crippen LogP contribution >= 0.6 is 27.7 Å². The second kappa shape index (κ2) is 7.99. The molecule has 24 heavy (non-hydrogen) atoms. The maximum Gasteiger partial charge on any atom is 0.182 e. The molecular weight excluding hydrogens is 384 g/mol. The molecular formula is C19H19BrN2OS. The lowest BCUT2D eigenvalue weighted by molar-refractivity contribution is 0.100. The number of amidine groups is 1. The summed E-state index contributed by atoms with van der Waals surface area (Å²) in [5, 5.41) is 0.945. The summed E-state index contributed by atoms with van der Waals surface area (Å²) in [5.41, 5.74) is 2.92. The van der Waals surface area contributed by atoms with Crippen molar-refractivity contribution in [3.05, 3.63) is 64.1 Å². The average molecular weight is 403 g/mol. The van der Waals surface area contributed by atoms with Crippen molar-refractivity contribution in [1.29, 1.82) is 0 Å². The van der Waals surface area contributed by atoms with Gasteiger partial charge in [-0.25, -0.2) is 0 Å². The highest BCUT2D eigenvalue weighted by Gasteiger charge is 2.21. The fourth-order valence-electron chi connectivity index (χ4n) is 2.60. The maximum absolute atomic E-state index is 12.8. The van der Waals surface area contributed by atoms with E-state index in [4.69, 9.17) is 0 Å². The minimum atomic E-state index is 0.0969. The standard InChI is InChI=1S/C19H19BrN2OS/c1-14-5-2-3-6-17(14)22(19-21-11-4-12-24-19)13-18(23)15-7-9-16(20)10-8-15/h2-3,5-10H,4,11-13H2,1H3. The highest BCUT2D eigenvalue weighted by Crippen LogP contribution is 2.26. The summed E-state index contributed by atoms with van der Waals surface area (Å²) in [5.74, 6) is 1.15. The Bertz CT molecular complexity index is 758. The Morgan fingerprint density at radius 2 is 1.96 bits per heavy atom. The molecule has 0 bridgehead atoms. The molecule has 1 aliphatic rings. The summed E-state index contributed by atoms with van der Waals surface area (Å²) in [6.07, 6.45) is 1.09. The third-order valence-corrected chi connectivity index (χ3v) is 5.51. The molecule has 0 radical (unpaired) electrons. The molecule has 124 valence electrons. The first-order chi connectivity index (χ1) is 11.6. The van der Waals surface area contributed by atoms with Crippen LogP contribution in [-0.4, -0.2) is 29.8 Å². The second-order valence-corrected chi connectivity index (χ2v) is 7.65. The van der Waals surface area contributed by atoms with Crippen LogP contribution in [0.3, 0.4) is 0 Å². The number of carbonyl (C=O) groups excluding carboxylic acids is 1. The van der Waals surface area contributed by atoms with Crippen LogP contribution in [-0.2, 0) is 0 Å². The minimum Gasteiger partial charge on any atom is -0.313 e. The van der Waals surface area contributed by atoms with E-state index in [-0.39, 0.29) is 5.78 Å². The van der Waals surface area contributed by atoms with Crippen LogP contribution in [0.15, 0.2) is 58.0 Å². The number of hydrogen-bond donors (Lipinski definition) is 0. The van der Waals surface area contributed by atoms with Gasteiger partial charge < -0.3 is 4.90 Å². The van der Waals surface area contributed by atoms with E-state index in [0.29, 0.717) is 6.54 Å². The van der Waals surface area contributed by atoms with Gasteiger partial charge in [0.25, 0.3) is 0 Å². The predicted molar refractivity (Wildman–Crippen MR) is 106 cm³/mol. The van der Waals surface area contributed by atoms with Gasteiger partial charge in [-0.1, -0.05) is 58.0 Å². The number of ketones is 1. The number of rotatable bonds is 4. The van der Waals surface area contributed by atoms with Crippen molar-refractivity contribution in [3.8, 4) is 0 Å². The molecule has 3 nitrogen and oxygen atoms in total. The molecule has 0 saturated heterocycles. The van der Waals surface area contributed by atoms with Crippen LogP contribution in [0.2, 0.25) is 0 Å². The number of halogens is 1. The first kappa shape index (κ1) is 17.2. The van der Waals surface area contributed by atoms with E-state index in [1.54, 1.807) is 11.8 Å². The largest absolute Gasteiger partial charge is 0.313 e. The molecule has 0 aliphatic carbocycles.